The van der Waals surface area contributed by atoms with Crippen LogP contribution in [0.4, 0.5) is 8.78 Å². The fourth-order valence-electron chi connectivity index (χ4n) is 1.33. The molecule has 90 valence electrons. The minimum atomic E-state index is -0.638. The van der Waals surface area contributed by atoms with E-state index in [2.05, 4.69) is 0 Å². The number of benzene rings is 2. The van der Waals surface area contributed by atoms with E-state index in [1.54, 1.807) is 12.1 Å². The molecule has 5 heteroatoms. The third-order valence-corrected chi connectivity index (χ3v) is 3.73. The van der Waals surface area contributed by atoms with Gasteiger partial charge in [0.05, 0.1) is 16.7 Å². The molecule has 0 spiro atoms. The van der Waals surface area contributed by atoms with Crippen molar-refractivity contribution in [3.05, 3.63) is 58.6 Å². The highest BCUT2D eigenvalue weighted by Crippen LogP contribution is 2.35. The van der Waals surface area contributed by atoms with Crippen molar-refractivity contribution in [1.82, 2.24) is 0 Å². The van der Waals surface area contributed by atoms with Gasteiger partial charge in [0.2, 0.25) is 0 Å². The van der Waals surface area contributed by atoms with Gasteiger partial charge in [0.15, 0.2) is 0 Å². The van der Waals surface area contributed by atoms with E-state index in [-0.39, 0.29) is 4.90 Å². The lowest BCUT2D eigenvalue weighted by molar-refractivity contribution is 0.565. The third kappa shape index (κ3) is 2.81. The molecule has 2 aromatic rings. The zero-order chi connectivity index (χ0) is 13.1. The van der Waals surface area contributed by atoms with Gasteiger partial charge < -0.3 is 0 Å². The number of rotatable bonds is 2. The van der Waals surface area contributed by atoms with Gasteiger partial charge in [-0.15, -0.1) is 0 Å². The zero-order valence-electron chi connectivity index (χ0n) is 8.95. The molecule has 0 saturated heterocycles. The summed E-state index contributed by atoms with van der Waals surface area (Å²) in [6.45, 7) is 0. The predicted octanol–water partition coefficient (Wildman–Crippen LogP) is 4.64. The minimum Gasteiger partial charge on any atom is -0.207 e. The number of nitrogens with zero attached hydrogens (tertiary/aromatic N) is 1. The van der Waals surface area contributed by atoms with Crippen LogP contribution in [0.2, 0.25) is 5.02 Å². The van der Waals surface area contributed by atoms with E-state index in [1.807, 2.05) is 6.07 Å². The van der Waals surface area contributed by atoms with E-state index in [0.29, 0.717) is 15.5 Å². The van der Waals surface area contributed by atoms with Gasteiger partial charge in [0.1, 0.15) is 11.6 Å². The van der Waals surface area contributed by atoms with Crippen molar-refractivity contribution in [2.45, 2.75) is 9.79 Å². The Hall–Kier alpha value is -1.57. The Morgan fingerprint density at radius 3 is 2.39 bits per heavy atom. The fourth-order valence-corrected chi connectivity index (χ4v) is 2.45. The van der Waals surface area contributed by atoms with Gasteiger partial charge >= 0.3 is 0 Å². The molecule has 18 heavy (non-hydrogen) atoms. The van der Waals surface area contributed by atoms with Crippen LogP contribution in [0, 0.1) is 23.0 Å². The second-order valence-electron chi connectivity index (χ2n) is 3.43. The highest BCUT2D eigenvalue weighted by atomic mass is 35.5. The maximum absolute atomic E-state index is 13.5. The number of hydrogen-bond acceptors (Lipinski definition) is 2. The first-order valence-corrected chi connectivity index (χ1v) is 6.12. The summed E-state index contributed by atoms with van der Waals surface area (Å²) >= 11 is 7.06. The Balaban J connectivity index is 2.32. The molecule has 2 rings (SSSR count). The molecular formula is C13H6ClF2NS. The average molecular weight is 282 g/mol. The van der Waals surface area contributed by atoms with Gasteiger partial charge in [-0.2, -0.15) is 5.26 Å². The Morgan fingerprint density at radius 2 is 1.78 bits per heavy atom. The quantitative estimate of drug-likeness (QED) is 0.800. The number of hydrogen-bond donors (Lipinski definition) is 0. The van der Waals surface area contributed by atoms with Crippen LogP contribution in [0.15, 0.2) is 46.2 Å². The first kappa shape index (κ1) is 12.9. The Morgan fingerprint density at radius 1 is 1.06 bits per heavy atom. The molecule has 0 heterocycles. The summed E-state index contributed by atoms with van der Waals surface area (Å²) in [6.07, 6.45) is 0. The monoisotopic (exact) mass is 281 g/mol. The molecule has 0 radical (unpaired) electrons. The van der Waals surface area contributed by atoms with Crippen LogP contribution in [0.3, 0.4) is 0 Å². The molecule has 2 aromatic carbocycles. The van der Waals surface area contributed by atoms with E-state index < -0.39 is 11.6 Å². The van der Waals surface area contributed by atoms with Crippen molar-refractivity contribution >= 4 is 23.4 Å². The molecule has 1 nitrogen and oxygen atoms in total. The van der Waals surface area contributed by atoms with Crippen LogP contribution in [-0.2, 0) is 0 Å². The van der Waals surface area contributed by atoms with Crippen LogP contribution in [0.25, 0.3) is 0 Å². The molecule has 0 aliphatic rings. The third-order valence-electron chi connectivity index (χ3n) is 2.17. The highest BCUT2D eigenvalue weighted by Gasteiger charge is 2.08. The lowest BCUT2D eigenvalue weighted by Crippen LogP contribution is -1.84. The van der Waals surface area contributed by atoms with E-state index >= 15 is 0 Å². The second kappa shape index (κ2) is 5.38. The SMILES string of the molecule is N#Cc1ccc(Sc2ccc(F)cc2F)c(Cl)c1. The van der Waals surface area contributed by atoms with Crippen LogP contribution < -0.4 is 0 Å². The molecule has 0 fully saturated rings. The zero-order valence-corrected chi connectivity index (χ0v) is 10.5. The molecular weight excluding hydrogens is 276 g/mol. The van der Waals surface area contributed by atoms with E-state index in [0.717, 1.165) is 17.8 Å². The van der Waals surface area contributed by atoms with E-state index in [1.165, 1.54) is 18.2 Å². The standard InChI is InChI=1S/C13H6ClF2NS/c14-10-5-8(7-17)1-3-12(10)18-13-4-2-9(15)6-11(13)16/h1-6H. The summed E-state index contributed by atoms with van der Waals surface area (Å²) in [5.41, 5.74) is 0.434. The first-order valence-electron chi connectivity index (χ1n) is 4.92. The molecule has 0 amide bonds. The molecule has 0 saturated carbocycles. The summed E-state index contributed by atoms with van der Waals surface area (Å²) in [6, 6.07) is 10.0. The van der Waals surface area contributed by atoms with Gasteiger partial charge in [-0.25, -0.2) is 8.78 Å². The largest absolute Gasteiger partial charge is 0.207 e. The summed E-state index contributed by atoms with van der Waals surface area (Å²) in [5, 5.41) is 9.06. The first-order chi connectivity index (χ1) is 8.60. The fraction of sp³-hybridized carbons (Fsp3) is 0. The van der Waals surface area contributed by atoms with E-state index in [9.17, 15) is 8.78 Å². The maximum Gasteiger partial charge on any atom is 0.140 e. The van der Waals surface area contributed by atoms with Crippen molar-refractivity contribution in [2.24, 2.45) is 0 Å². The van der Waals surface area contributed by atoms with Gasteiger partial charge in [0.25, 0.3) is 0 Å². The number of nitriles is 1. The molecule has 0 bridgehead atoms. The van der Waals surface area contributed by atoms with Crippen LogP contribution in [0.1, 0.15) is 5.56 Å². The van der Waals surface area contributed by atoms with Gasteiger partial charge in [-0.3, -0.25) is 0 Å². The Bertz CT molecular complexity index is 637. The van der Waals surface area contributed by atoms with Gasteiger partial charge in [-0.05, 0) is 30.3 Å². The summed E-state index contributed by atoms with van der Waals surface area (Å²) in [4.78, 5) is 0.893. The predicted molar refractivity (Wildman–Crippen MR) is 66.6 cm³/mol. The molecule has 0 unspecified atom stereocenters. The average Bonchev–Trinajstić information content (AvgIpc) is 2.34. The van der Waals surface area contributed by atoms with Crippen molar-refractivity contribution < 1.29 is 8.78 Å². The minimum absolute atomic E-state index is 0.281. The van der Waals surface area contributed by atoms with Crippen LogP contribution in [-0.4, -0.2) is 0 Å². The van der Waals surface area contributed by atoms with Crippen LogP contribution in [0.5, 0.6) is 0 Å². The summed E-state index contributed by atoms with van der Waals surface area (Å²) < 4.78 is 26.2. The highest BCUT2D eigenvalue weighted by molar-refractivity contribution is 7.99. The Labute approximate surface area is 112 Å². The molecule has 0 N–H and O–H groups in total. The lowest BCUT2D eigenvalue weighted by Gasteiger charge is -2.05. The molecule has 0 aliphatic heterocycles. The molecule has 0 atom stereocenters. The lowest BCUT2D eigenvalue weighted by atomic mass is 10.2. The maximum atomic E-state index is 13.5. The van der Waals surface area contributed by atoms with Crippen molar-refractivity contribution in [3.63, 3.8) is 0 Å². The summed E-state index contributed by atoms with van der Waals surface area (Å²) in [7, 11) is 0. The molecule has 0 aromatic heterocycles. The Kier molecular flexibility index (Phi) is 3.85. The molecule has 0 aliphatic carbocycles. The topological polar surface area (TPSA) is 23.8 Å². The van der Waals surface area contributed by atoms with Crippen molar-refractivity contribution in [3.8, 4) is 6.07 Å². The number of halogens is 3. The van der Waals surface area contributed by atoms with Crippen molar-refractivity contribution in [1.29, 1.82) is 5.26 Å². The normalized spacial score (nSPS) is 10.1. The smallest absolute Gasteiger partial charge is 0.140 e. The van der Waals surface area contributed by atoms with E-state index in [4.69, 9.17) is 16.9 Å². The van der Waals surface area contributed by atoms with Crippen LogP contribution >= 0.6 is 23.4 Å². The second-order valence-corrected chi connectivity index (χ2v) is 4.92. The van der Waals surface area contributed by atoms with Gasteiger partial charge in [-0.1, -0.05) is 23.4 Å². The van der Waals surface area contributed by atoms with Crippen molar-refractivity contribution in [2.75, 3.05) is 0 Å². The summed E-state index contributed by atoms with van der Waals surface area (Å²) in [5.74, 6) is -1.26. The van der Waals surface area contributed by atoms with Gasteiger partial charge in [0, 0.05) is 15.9 Å².